The molecule has 0 amide bonds. The van der Waals surface area contributed by atoms with Gasteiger partial charge in [0.25, 0.3) is 0 Å². The zero-order chi connectivity index (χ0) is 10.2. The molecule has 1 N–H and O–H groups in total. The Bertz CT molecular complexity index is 329. The largest absolute Gasteiger partial charge is 0.395 e. The van der Waals surface area contributed by atoms with Gasteiger partial charge < -0.3 is 10.0 Å². The molecular formula is C12H17NO. The lowest BCUT2D eigenvalue weighted by Crippen LogP contribution is -2.18. The second kappa shape index (κ2) is 3.28. The molecule has 1 saturated carbocycles. The first-order valence-electron chi connectivity index (χ1n) is 5.07. The molecule has 0 atom stereocenters. The summed E-state index contributed by atoms with van der Waals surface area (Å²) in [7, 11) is 4.10. The van der Waals surface area contributed by atoms with Gasteiger partial charge >= 0.3 is 0 Å². The number of aliphatic hydroxyl groups excluding tert-OH is 1. The molecule has 14 heavy (non-hydrogen) atoms. The van der Waals surface area contributed by atoms with Crippen molar-refractivity contribution in [2.24, 2.45) is 0 Å². The van der Waals surface area contributed by atoms with Gasteiger partial charge in [0.05, 0.1) is 6.61 Å². The fraction of sp³-hybridized carbons (Fsp3) is 0.500. The van der Waals surface area contributed by atoms with Gasteiger partial charge in [-0.3, -0.25) is 0 Å². The summed E-state index contributed by atoms with van der Waals surface area (Å²) in [6, 6.07) is 8.36. The number of nitrogens with zero attached hydrogens (tertiary/aromatic N) is 1. The standard InChI is InChI=1S/C12H17NO/c1-13(2)11-6-4-3-5-10(11)12(9-14)7-8-12/h3-6,14H,7-9H2,1-2H3. The Labute approximate surface area is 85.2 Å². The third-order valence-electron chi connectivity index (χ3n) is 3.11. The van der Waals surface area contributed by atoms with Crippen LogP contribution in [0.3, 0.4) is 0 Å². The monoisotopic (exact) mass is 191 g/mol. The Morgan fingerprint density at radius 1 is 1.29 bits per heavy atom. The van der Waals surface area contributed by atoms with E-state index in [1.54, 1.807) is 0 Å². The van der Waals surface area contributed by atoms with E-state index in [2.05, 4.69) is 23.1 Å². The second-order valence-electron chi connectivity index (χ2n) is 4.35. The van der Waals surface area contributed by atoms with Gasteiger partial charge in [-0.2, -0.15) is 0 Å². The lowest BCUT2D eigenvalue weighted by atomic mass is 9.95. The van der Waals surface area contributed by atoms with Crippen LogP contribution in [0.1, 0.15) is 18.4 Å². The topological polar surface area (TPSA) is 23.5 Å². The molecule has 1 fully saturated rings. The molecule has 0 heterocycles. The van der Waals surface area contributed by atoms with Crippen LogP contribution in [0.4, 0.5) is 5.69 Å². The first kappa shape index (κ1) is 9.53. The van der Waals surface area contributed by atoms with E-state index in [1.807, 2.05) is 20.2 Å². The molecule has 0 spiro atoms. The Kier molecular flexibility index (Phi) is 2.23. The van der Waals surface area contributed by atoms with Gasteiger partial charge in [0, 0.05) is 25.2 Å². The van der Waals surface area contributed by atoms with Crippen LogP contribution in [-0.2, 0) is 5.41 Å². The molecule has 0 bridgehead atoms. The van der Waals surface area contributed by atoms with Gasteiger partial charge in [0.2, 0.25) is 0 Å². The van der Waals surface area contributed by atoms with Crippen LogP contribution in [-0.4, -0.2) is 25.8 Å². The van der Waals surface area contributed by atoms with Crippen molar-refractivity contribution in [1.82, 2.24) is 0 Å². The summed E-state index contributed by atoms with van der Waals surface area (Å²) in [5, 5.41) is 9.40. The number of benzene rings is 1. The molecule has 1 aromatic rings. The summed E-state index contributed by atoms with van der Waals surface area (Å²) >= 11 is 0. The lowest BCUT2D eigenvalue weighted by molar-refractivity contribution is 0.255. The number of rotatable bonds is 3. The van der Waals surface area contributed by atoms with Crippen molar-refractivity contribution in [3.8, 4) is 0 Å². The van der Waals surface area contributed by atoms with Crippen LogP contribution >= 0.6 is 0 Å². The minimum absolute atomic E-state index is 0.0703. The highest BCUT2D eigenvalue weighted by Gasteiger charge is 2.45. The molecule has 2 nitrogen and oxygen atoms in total. The molecule has 76 valence electrons. The highest BCUT2D eigenvalue weighted by molar-refractivity contribution is 5.57. The van der Waals surface area contributed by atoms with Gasteiger partial charge in [-0.25, -0.2) is 0 Å². The molecule has 0 aromatic heterocycles. The van der Waals surface area contributed by atoms with Crippen LogP contribution < -0.4 is 4.90 Å². The average Bonchev–Trinajstić information content (AvgIpc) is 2.98. The normalized spacial score (nSPS) is 17.9. The number of hydrogen-bond donors (Lipinski definition) is 1. The van der Waals surface area contributed by atoms with E-state index < -0.39 is 0 Å². The molecule has 2 rings (SSSR count). The first-order chi connectivity index (χ1) is 6.69. The van der Waals surface area contributed by atoms with Crippen LogP contribution in [0.25, 0.3) is 0 Å². The van der Waals surface area contributed by atoms with Crippen molar-refractivity contribution in [2.45, 2.75) is 18.3 Å². The molecule has 1 aromatic carbocycles. The van der Waals surface area contributed by atoms with Crippen LogP contribution in [0, 0.1) is 0 Å². The summed E-state index contributed by atoms with van der Waals surface area (Å²) in [6.45, 7) is 0.276. The smallest absolute Gasteiger partial charge is 0.0528 e. The SMILES string of the molecule is CN(C)c1ccccc1C1(CO)CC1. The van der Waals surface area contributed by atoms with Crippen molar-refractivity contribution in [3.05, 3.63) is 29.8 Å². The quantitative estimate of drug-likeness (QED) is 0.787. The minimum Gasteiger partial charge on any atom is -0.395 e. The van der Waals surface area contributed by atoms with Crippen molar-refractivity contribution < 1.29 is 5.11 Å². The maximum atomic E-state index is 9.40. The van der Waals surface area contributed by atoms with Crippen LogP contribution in [0.5, 0.6) is 0 Å². The number of anilines is 1. The van der Waals surface area contributed by atoms with Gasteiger partial charge in [-0.15, -0.1) is 0 Å². The van der Waals surface area contributed by atoms with Gasteiger partial charge in [-0.1, -0.05) is 18.2 Å². The van der Waals surface area contributed by atoms with E-state index in [9.17, 15) is 5.11 Å². The molecule has 1 aliphatic rings. The molecule has 2 heteroatoms. The number of para-hydroxylation sites is 1. The molecule has 0 saturated heterocycles. The van der Waals surface area contributed by atoms with E-state index >= 15 is 0 Å². The van der Waals surface area contributed by atoms with Gasteiger partial charge in [-0.05, 0) is 24.5 Å². The Morgan fingerprint density at radius 2 is 1.93 bits per heavy atom. The maximum Gasteiger partial charge on any atom is 0.0528 e. The molecule has 0 unspecified atom stereocenters. The molecule has 0 radical (unpaired) electrons. The summed E-state index contributed by atoms with van der Waals surface area (Å²) < 4.78 is 0. The predicted octanol–water partition coefficient (Wildman–Crippen LogP) is 1.78. The Balaban J connectivity index is 2.42. The molecule has 1 aliphatic carbocycles. The Hall–Kier alpha value is -1.02. The highest BCUT2D eigenvalue weighted by atomic mass is 16.3. The van der Waals surface area contributed by atoms with Crippen molar-refractivity contribution in [1.29, 1.82) is 0 Å². The van der Waals surface area contributed by atoms with E-state index in [0.29, 0.717) is 0 Å². The number of hydrogen-bond acceptors (Lipinski definition) is 2. The van der Waals surface area contributed by atoms with Crippen molar-refractivity contribution in [3.63, 3.8) is 0 Å². The zero-order valence-electron chi connectivity index (χ0n) is 8.83. The summed E-state index contributed by atoms with van der Waals surface area (Å²) in [4.78, 5) is 2.12. The van der Waals surface area contributed by atoms with Gasteiger partial charge in [0.15, 0.2) is 0 Å². The third kappa shape index (κ3) is 1.40. The highest BCUT2D eigenvalue weighted by Crippen LogP contribution is 2.50. The van der Waals surface area contributed by atoms with Crippen molar-refractivity contribution >= 4 is 5.69 Å². The van der Waals surface area contributed by atoms with E-state index in [-0.39, 0.29) is 12.0 Å². The van der Waals surface area contributed by atoms with E-state index in [1.165, 1.54) is 11.3 Å². The van der Waals surface area contributed by atoms with E-state index in [0.717, 1.165) is 12.8 Å². The summed E-state index contributed by atoms with van der Waals surface area (Å²) in [5.41, 5.74) is 2.60. The van der Waals surface area contributed by atoms with E-state index in [4.69, 9.17) is 0 Å². The summed E-state index contributed by atoms with van der Waals surface area (Å²) in [6.07, 6.45) is 2.24. The predicted molar refractivity (Wildman–Crippen MR) is 58.8 cm³/mol. The Morgan fingerprint density at radius 3 is 2.43 bits per heavy atom. The summed E-state index contributed by atoms with van der Waals surface area (Å²) in [5.74, 6) is 0. The average molecular weight is 191 g/mol. The van der Waals surface area contributed by atoms with Gasteiger partial charge in [0.1, 0.15) is 0 Å². The molecule has 0 aliphatic heterocycles. The molecular weight excluding hydrogens is 174 g/mol. The maximum absolute atomic E-state index is 9.40. The van der Waals surface area contributed by atoms with Crippen LogP contribution in [0.15, 0.2) is 24.3 Å². The van der Waals surface area contributed by atoms with Crippen LogP contribution in [0.2, 0.25) is 0 Å². The minimum atomic E-state index is 0.0703. The lowest BCUT2D eigenvalue weighted by Gasteiger charge is -2.22. The van der Waals surface area contributed by atoms with Crippen molar-refractivity contribution in [2.75, 3.05) is 25.6 Å². The zero-order valence-corrected chi connectivity index (χ0v) is 8.83. The third-order valence-corrected chi connectivity index (χ3v) is 3.11. The number of aliphatic hydroxyl groups is 1. The second-order valence-corrected chi connectivity index (χ2v) is 4.35. The fourth-order valence-electron chi connectivity index (χ4n) is 1.98. The fourth-order valence-corrected chi connectivity index (χ4v) is 1.98. The first-order valence-corrected chi connectivity index (χ1v) is 5.07.